The van der Waals surface area contributed by atoms with Gasteiger partial charge in [0.2, 0.25) is 0 Å². The van der Waals surface area contributed by atoms with E-state index in [0.29, 0.717) is 16.3 Å². The average molecular weight is 337 g/mol. The highest BCUT2D eigenvalue weighted by Crippen LogP contribution is 2.10. The third kappa shape index (κ3) is 4.58. The molecule has 0 radical (unpaired) electrons. The summed E-state index contributed by atoms with van der Waals surface area (Å²) >= 11 is 5.71. The van der Waals surface area contributed by atoms with Gasteiger partial charge in [0.05, 0.1) is 6.26 Å². The number of hydrazine groups is 1. The number of carbonyl (C=O) groups is 3. The van der Waals surface area contributed by atoms with Crippen molar-refractivity contribution in [3.8, 4) is 0 Å². The average Bonchev–Trinajstić information content (AvgIpc) is 2.97. The smallest absolute Gasteiger partial charge is 0.342 e. The third-order valence-corrected chi connectivity index (χ3v) is 3.09. The van der Waals surface area contributed by atoms with E-state index >= 15 is 0 Å². The monoisotopic (exact) mass is 336 g/mol. The molecule has 2 amide bonds. The lowest BCUT2D eigenvalue weighted by Gasteiger charge is -2.08. The van der Waals surface area contributed by atoms with Crippen molar-refractivity contribution in [3.05, 3.63) is 58.5 Å². The van der Waals surface area contributed by atoms with E-state index < -0.39 is 24.4 Å². The quantitative estimate of drug-likeness (QED) is 0.656. The van der Waals surface area contributed by atoms with E-state index in [2.05, 4.69) is 10.9 Å². The summed E-state index contributed by atoms with van der Waals surface area (Å²) in [5.74, 6) is -1.49. The molecular weight excluding hydrogens is 324 g/mol. The molecule has 0 bridgehead atoms. The molecule has 0 saturated heterocycles. The first-order chi connectivity index (χ1) is 11.0. The number of amides is 2. The van der Waals surface area contributed by atoms with Crippen molar-refractivity contribution in [2.75, 3.05) is 6.61 Å². The Morgan fingerprint density at radius 2 is 1.83 bits per heavy atom. The molecule has 0 spiro atoms. The molecule has 0 aliphatic rings. The van der Waals surface area contributed by atoms with Crippen LogP contribution >= 0.6 is 11.6 Å². The number of esters is 1. The summed E-state index contributed by atoms with van der Waals surface area (Å²) in [6.45, 7) is 1.06. The molecule has 0 unspecified atom stereocenters. The van der Waals surface area contributed by atoms with Crippen molar-refractivity contribution in [3.63, 3.8) is 0 Å². The SMILES string of the molecule is Cc1occc1C(=O)OCC(=O)NNC(=O)c1ccc(Cl)cc1. The molecule has 23 heavy (non-hydrogen) atoms. The molecule has 0 atom stereocenters. The van der Waals surface area contributed by atoms with E-state index in [-0.39, 0.29) is 5.56 Å². The lowest BCUT2D eigenvalue weighted by atomic mass is 10.2. The van der Waals surface area contributed by atoms with Crippen LogP contribution in [0.1, 0.15) is 26.5 Å². The van der Waals surface area contributed by atoms with E-state index in [0.717, 1.165) is 0 Å². The van der Waals surface area contributed by atoms with Gasteiger partial charge in [-0.15, -0.1) is 0 Å². The van der Waals surface area contributed by atoms with E-state index in [4.69, 9.17) is 20.8 Å². The predicted octanol–water partition coefficient (Wildman–Crippen LogP) is 1.86. The lowest BCUT2D eigenvalue weighted by molar-refractivity contribution is -0.125. The molecule has 2 aromatic rings. The molecule has 0 saturated carbocycles. The Kier molecular flexibility index (Phi) is 5.37. The van der Waals surface area contributed by atoms with Crippen LogP contribution < -0.4 is 10.9 Å². The number of benzene rings is 1. The number of hydrogen-bond donors (Lipinski definition) is 2. The van der Waals surface area contributed by atoms with Gasteiger partial charge in [-0.1, -0.05) is 11.6 Å². The second-order valence-electron chi connectivity index (χ2n) is 4.48. The van der Waals surface area contributed by atoms with Gasteiger partial charge in [-0.3, -0.25) is 20.4 Å². The maximum Gasteiger partial charge on any atom is 0.342 e. The van der Waals surface area contributed by atoms with Crippen LogP contribution in [-0.4, -0.2) is 24.4 Å². The number of ether oxygens (including phenoxy) is 1. The first-order valence-corrected chi connectivity index (χ1v) is 6.91. The van der Waals surface area contributed by atoms with Crippen LogP contribution in [0.3, 0.4) is 0 Å². The maximum atomic E-state index is 11.7. The minimum atomic E-state index is -0.685. The number of rotatable bonds is 4. The highest BCUT2D eigenvalue weighted by atomic mass is 35.5. The lowest BCUT2D eigenvalue weighted by Crippen LogP contribution is -2.43. The largest absolute Gasteiger partial charge is 0.469 e. The van der Waals surface area contributed by atoms with Crippen molar-refractivity contribution in [2.45, 2.75) is 6.92 Å². The molecule has 2 rings (SSSR count). The van der Waals surface area contributed by atoms with Gasteiger partial charge in [-0.2, -0.15) is 0 Å². The number of furan rings is 1. The predicted molar refractivity (Wildman–Crippen MR) is 80.8 cm³/mol. The summed E-state index contributed by atoms with van der Waals surface area (Å²) in [4.78, 5) is 34.9. The van der Waals surface area contributed by atoms with Crippen LogP contribution in [0.25, 0.3) is 0 Å². The van der Waals surface area contributed by atoms with E-state index in [1.807, 2.05) is 0 Å². The Hall–Kier alpha value is -2.80. The molecular formula is C15H13ClN2O5. The van der Waals surface area contributed by atoms with Crippen molar-refractivity contribution in [1.82, 2.24) is 10.9 Å². The van der Waals surface area contributed by atoms with Crippen LogP contribution in [0.2, 0.25) is 5.02 Å². The second kappa shape index (κ2) is 7.46. The minimum absolute atomic E-state index is 0.239. The molecule has 0 aliphatic heterocycles. The van der Waals surface area contributed by atoms with Gasteiger partial charge in [-0.25, -0.2) is 4.79 Å². The fourth-order valence-electron chi connectivity index (χ4n) is 1.64. The molecule has 2 N–H and O–H groups in total. The van der Waals surface area contributed by atoms with Gasteiger partial charge in [0, 0.05) is 10.6 Å². The molecule has 7 nitrogen and oxygen atoms in total. The first kappa shape index (κ1) is 16.6. The zero-order valence-electron chi connectivity index (χ0n) is 12.1. The fourth-order valence-corrected chi connectivity index (χ4v) is 1.77. The molecule has 120 valence electrons. The molecule has 8 heteroatoms. The summed E-state index contributed by atoms with van der Waals surface area (Å²) < 4.78 is 9.76. The molecule has 1 heterocycles. The zero-order valence-corrected chi connectivity index (χ0v) is 12.8. The van der Waals surface area contributed by atoms with Gasteiger partial charge >= 0.3 is 5.97 Å². The van der Waals surface area contributed by atoms with E-state index in [1.54, 1.807) is 19.1 Å². The standard InChI is InChI=1S/C15H13ClN2O5/c1-9-12(6-7-22-9)15(21)23-8-13(19)17-18-14(20)10-2-4-11(16)5-3-10/h2-7H,8H2,1H3,(H,17,19)(H,18,20). The van der Waals surface area contributed by atoms with Gasteiger partial charge in [0.1, 0.15) is 11.3 Å². The van der Waals surface area contributed by atoms with Crippen molar-refractivity contribution in [2.24, 2.45) is 0 Å². The number of halogens is 1. The number of carbonyl (C=O) groups excluding carboxylic acids is 3. The van der Waals surface area contributed by atoms with Crippen LogP contribution in [0.5, 0.6) is 0 Å². The zero-order chi connectivity index (χ0) is 16.8. The number of nitrogens with one attached hydrogen (secondary N) is 2. The van der Waals surface area contributed by atoms with Gasteiger partial charge in [0.15, 0.2) is 6.61 Å². The number of aryl methyl sites for hydroxylation is 1. The molecule has 0 fully saturated rings. The Balaban J connectivity index is 1.77. The first-order valence-electron chi connectivity index (χ1n) is 6.53. The summed E-state index contributed by atoms with van der Waals surface area (Å²) in [5.41, 5.74) is 4.89. The topological polar surface area (TPSA) is 97.6 Å². The third-order valence-electron chi connectivity index (χ3n) is 2.83. The van der Waals surface area contributed by atoms with Crippen LogP contribution in [-0.2, 0) is 9.53 Å². The Morgan fingerprint density at radius 1 is 1.13 bits per heavy atom. The molecule has 1 aromatic heterocycles. The highest BCUT2D eigenvalue weighted by Gasteiger charge is 2.15. The van der Waals surface area contributed by atoms with Gasteiger partial charge in [0.25, 0.3) is 11.8 Å². The van der Waals surface area contributed by atoms with Gasteiger partial charge < -0.3 is 9.15 Å². The molecule has 0 aliphatic carbocycles. The van der Waals surface area contributed by atoms with E-state index in [1.165, 1.54) is 24.5 Å². The normalized spacial score (nSPS) is 10.0. The summed E-state index contributed by atoms with van der Waals surface area (Å²) in [6.07, 6.45) is 1.35. The van der Waals surface area contributed by atoms with E-state index in [9.17, 15) is 14.4 Å². The maximum absolute atomic E-state index is 11.7. The van der Waals surface area contributed by atoms with Crippen molar-refractivity contribution in [1.29, 1.82) is 0 Å². The Bertz CT molecular complexity index is 724. The Morgan fingerprint density at radius 3 is 2.43 bits per heavy atom. The van der Waals surface area contributed by atoms with Crippen LogP contribution in [0, 0.1) is 6.92 Å². The van der Waals surface area contributed by atoms with Crippen molar-refractivity contribution >= 4 is 29.4 Å². The fraction of sp³-hybridized carbons (Fsp3) is 0.133. The minimum Gasteiger partial charge on any atom is -0.469 e. The summed E-state index contributed by atoms with van der Waals surface area (Å²) in [7, 11) is 0. The summed E-state index contributed by atoms with van der Waals surface area (Å²) in [6, 6.07) is 7.55. The van der Waals surface area contributed by atoms with Gasteiger partial charge in [-0.05, 0) is 37.3 Å². The van der Waals surface area contributed by atoms with Crippen molar-refractivity contribution < 1.29 is 23.5 Å². The summed E-state index contributed by atoms with van der Waals surface area (Å²) in [5, 5.41) is 0.493. The van der Waals surface area contributed by atoms with Crippen LogP contribution in [0.15, 0.2) is 41.0 Å². The number of hydrogen-bond acceptors (Lipinski definition) is 5. The highest BCUT2D eigenvalue weighted by molar-refractivity contribution is 6.30. The second-order valence-corrected chi connectivity index (χ2v) is 4.91. The van der Waals surface area contributed by atoms with Crippen LogP contribution in [0.4, 0.5) is 0 Å². The molecule has 1 aromatic carbocycles. The Labute approximate surface area is 136 Å².